The van der Waals surface area contributed by atoms with Crippen molar-refractivity contribution in [1.29, 1.82) is 0 Å². The molecule has 1 aliphatic rings. The zero-order valence-electron chi connectivity index (χ0n) is 18.2. The lowest BCUT2D eigenvalue weighted by molar-refractivity contribution is -0.140. The van der Waals surface area contributed by atoms with Crippen molar-refractivity contribution in [2.45, 2.75) is 32.4 Å². The third-order valence-electron chi connectivity index (χ3n) is 5.71. The maximum atomic E-state index is 13.1. The highest BCUT2D eigenvalue weighted by Gasteiger charge is 2.46. The van der Waals surface area contributed by atoms with Gasteiger partial charge in [-0.15, -0.1) is 0 Å². The molecule has 1 saturated heterocycles. The van der Waals surface area contributed by atoms with Gasteiger partial charge in [0.2, 0.25) is 0 Å². The molecule has 6 heteroatoms. The van der Waals surface area contributed by atoms with Gasteiger partial charge in [-0.1, -0.05) is 50.2 Å². The van der Waals surface area contributed by atoms with Crippen LogP contribution < -0.4 is 4.74 Å². The second-order valence-corrected chi connectivity index (χ2v) is 8.06. The van der Waals surface area contributed by atoms with Gasteiger partial charge in [0, 0.05) is 5.56 Å². The van der Waals surface area contributed by atoms with Crippen molar-refractivity contribution in [2.24, 2.45) is 0 Å². The minimum absolute atomic E-state index is 0.0482. The van der Waals surface area contributed by atoms with Gasteiger partial charge in [-0.2, -0.15) is 0 Å². The van der Waals surface area contributed by atoms with E-state index >= 15 is 0 Å². The quantitative estimate of drug-likeness (QED) is 0.336. The van der Waals surface area contributed by atoms with Crippen molar-refractivity contribution >= 4 is 17.4 Å². The predicted octanol–water partition coefficient (Wildman–Crippen LogP) is 5.03. The van der Waals surface area contributed by atoms with E-state index in [1.54, 1.807) is 36.4 Å². The molecule has 1 aliphatic heterocycles. The SMILES string of the molecule is COc1cccc(/C(O)=C2/C(=O)C(=O)N(Cc3ccco3)C2c2ccc(C(C)C)cc2)c1. The minimum atomic E-state index is -0.743. The summed E-state index contributed by atoms with van der Waals surface area (Å²) in [5, 5.41) is 11.1. The van der Waals surface area contributed by atoms with Crippen LogP contribution in [0.4, 0.5) is 0 Å². The van der Waals surface area contributed by atoms with E-state index in [9.17, 15) is 14.7 Å². The third kappa shape index (κ3) is 3.91. The van der Waals surface area contributed by atoms with Gasteiger partial charge in [0.15, 0.2) is 0 Å². The lowest BCUT2D eigenvalue weighted by atomic mass is 9.93. The summed E-state index contributed by atoms with van der Waals surface area (Å²) in [4.78, 5) is 27.6. The van der Waals surface area contributed by atoms with Crippen LogP contribution in [-0.2, 0) is 16.1 Å². The van der Waals surface area contributed by atoms with Gasteiger partial charge in [0.05, 0.1) is 31.5 Å². The summed E-state index contributed by atoms with van der Waals surface area (Å²) in [6.45, 7) is 4.31. The Morgan fingerprint density at radius 2 is 1.84 bits per heavy atom. The number of ketones is 1. The van der Waals surface area contributed by atoms with Crippen molar-refractivity contribution < 1.29 is 23.8 Å². The van der Waals surface area contributed by atoms with Crippen molar-refractivity contribution in [1.82, 2.24) is 4.90 Å². The van der Waals surface area contributed by atoms with Gasteiger partial charge in [0.25, 0.3) is 11.7 Å². The Labute approximate surface area is 186 Å². The molecule has 3 aromatic rings. The number of ether oxygens (including phenoxy) is 1. The Morgan fingerprint density at radius 3 is 2.47 bits per heavy atom. The fraction of sp³-hybridized carbons (Fsp3) is 0.231. The maximum absolute atomic E-state index is 13.1. The summed E-state index contributed by atoms with van der Waals surface area (Å²) in [6, 6.07) is 17.3. The van der Waals surface area contributed by atoms with Crippen LogP contribution in [0.2, 0.25) is 0 Å². The van der Waals surface area contributed by atoms with Crippen LogP contribution in [0.3, 0.4) is 0 Å². The molecule has 0 spiro atoms. The number of aliphatic hydroxyl groups excluding tert-OH is 1. The highest BCUT2D eigenvalue weighted by atomic mass is 16.5. The number of hydrogen-bond donors (Lipinski definition) is 1. The number of amides is 1. The Morgan fingerprint density at radius 1 is 1.09 bits per heavy atom. The van der Waals surface area contributed by atoms with E-state index in [-0.39, 0.29) is 17.9 Å². The van der Waals surface area contributed by atoms with Crippen LogP contribution in [0.15, 0.2) is 76.9 Å². The smallest absolute Gasteiger partial charge is 0.296 e. The van der Waals surface area contributed by atoms with Gasteiger partial charge in [0.1, 0.15) is 17.3 Å². The number of hydrogen-bond acceptors (Lipinski definition) is 5. The first-order valence-electron chi connectivity index (χ1n) is 10.5. The molecule has 4 rings (SSSR count). The average Bonchev–Trinajstić information content (AvgIpc) is 3.41. The molecule has 164 valence electrons. The first kappa shape index (κ1) is 21.4. The number of carbonyl (C=O) groups excluding carboxylic acids is 2. The van der Waals surface area contributed by atoms with Crippen LogP contribution in [0.5, 0.6) is 5.75 Å². The first-order chi connectivity index (χ1) is 15.4. The van der Waals surface area contributed by atoms with E-state index < -0.39 is 17.7 Å². The molecule has 6 nitrogen and oxygen atoms in total. The Kier molecular flexibility index (Phi) is 5.86. The number of nitrogens with zero attached hydrogens (tertiary/aromatic N) is 1. The molecule has 0 radical (unpaired) electrons. The number of carbonyl (C=O) groups is 2. The normalized spacial score (nSPS) is 17.9. The lowest BCUT2D eigenvalue weighted by Gasteiger charge is -2.25. The van der Waals surface area contributed by atoms with E-state index in [0.717, 1.165) is 11.1 Å². The second-order valence-electron chi connectivity index (χ2n) is 8.06. The fourth-order valence-electron chi connectivity index (χ4n) is 3.95. The fourth-order valence-corrected chi connectivity index (χ4v) is 3.95. The number of furan rings is 1. The van der Waals surface area contributed by atoms with Crippen molar-refractivity contribution in [3.63, 3.8) is 0 Å². The lowest BCUT2D eigenvalue weighted by Crippen LogP contribution is -2.29. The zero-order chi connectivity index (χ0) is 22.8. The monoisotopic (exact) mass is 431 g/mol. The van der Waals surface area contributed by atoms with Crippen LogP contribution >= 0.6 is 0 Å². The molecule has 1 fully saturated rings. The predicted molar refractivity (Wildman–Crippen MR) is 120 cm³/mol. The molecular formula is C26H25NO5. The Bertz CT molecular complexity index is 1160. The summed E-state index contributed by atoms with van der Waals surface area (Å²) in [5.41, 5.74) is 2.34. The van der Waals surface area contributed by atoms with Crippen LogP contribution in [0, 0.1) is 0 Å². The number of benzene rings is 2. The van der Waals surface area contributed by atoms with Crippen LogP contribution in [0.25, 0.3) is 5.76 Å². The summed E-state index contributed by atoms with van der Waals surface area (Å²) >= 11 is 0. The molecule has 1 N–H and O–H groups in total. The first-order valence-corrected chi connectivity index (χ1v) is 10.5. The van der Waals surface area contributed by atoms with Crippen molar-refractivity contribution in [3.05, 3.63) is 95.0 Å². The second kappa shape index (κ2) is 8.75. The van der Waals surface area contributed by atoms with E-state index in [4.69, 9.17) is 9.15 Å². The molecule has 0 aliphatic carbocycles. The number of likely N-dealkylation sites (tertiary alicyclic amines) is 1. The molecule has 1 amide bonds. The largest absolute Gasteiger partial charge is 0.507 e. The van der Waals surface area contributed by atoms with Crippen LogP contribution in [0.1, 0.15) is 48.3 Å². The molecule has 1 aromatic heterocycles. The van der Waals surface area contributed by atoms with Crippen molar-refractivity contribution in [3.8, 4) is 5.75 Å². The third-order valence-corrected chi connectivity index (χ3v) is 5.71. The molecule has 1 atom stereocenters. The molecule has 2 heterocycles. The number of methoxy groups -OCH3 is 1. The van der Waals surface area contributed by atoms with Crippen LogP contribution in [-0.4, -0.2) is 28.8 Å². The number of Topliss-reactive ketones (excluding diaryl/α,β-unsaturated/α-hetero) is 1. The average molecular weight is 431 g/mol. The van der Waals surface area contributed by atoms with Gasteiger partial charge < -0.3 is 19.2 Å². The van der Waals surface area contributed by atoms with Crippen molar-refractivity contribution in [2.75, 3.05) is 7.11 Å². The maximum Gasteiger partial charge on any atom is 0.296 e. The van der Waals surface area contributed by atoms with E-state index in [0.29, 0.717) is 23.0 Å². The molecule has 32 heavy (non-hydrogen) atoms. The number of aliphatic hydroxyl groups is 1. The van der Waals surface area contributed by atoms with Gasteiger partial charge >= 0.3 is 0 Å². The molecule has 0 saturated carbocycles. The molecule has 2 aromatic carbocycles. The summed E-state index contributed by atoms with van der Waals surface area (Å²) in [7, 11) is 1.53. The van der Waals surface area contributed by atoms with E-state index in [2.05, 4.69) is 13.8 Å². The Hall–Kier alpha value is -3.80. The standard InChI is InChI=1S/C26H25NO5/c1-16(2)17-9-11-18(12-10-17)23-22(24(28)19-6-4-7-20(14-19)31-3)25(29)26(30)27(23)15-21-8-5-13-32-21/h4-14,16,23,28H,15H2,1-3H3/b24-22-. The molecular weight excluding hydrogens is 406 g/mol. The van der Waals surface area contributed by atoms with Gasteiger partial charge in [-0.3, -0.25) is 9.59 Å². The Balaban J connectivity index is 1.85. The van der Waals surface area contributed by atoms with E-state index in [1.165, 1.54) is 18.3 Å². The minimum Gasteiger partial charge on any atom is -0.507 e. The molecule has 1 unspecified atom stereocenters. The van der Waals surface area contributed by atoms with Gasteiger partial charge in [-0.25, -0.2) is 0 Å². The topological polar surface area (TPSA) is 80.0 Å². The molecule has 0 bridgehead atoms. The highest BCUT2D eigenvalue weighted by Crippen LogP contribution is 2.41. The summed E-state index contributed by atoms with van der Waals surface area (Å²) in [5.74, 6) is -0.204. The zero-order valence-corrected chi connectivity index (χ0v) is 18.2. The van der Waals surface area contributed by atoms with E-state index in [1.807, 2.05) is 24.3 Å². The summed E-state index contributed by atoms with van der Waals surface area (Å²) < 4.78 is 10.7. The number of rotatable bonds is 6. The highest BCUT2D eigenvalue weighted by molar-refractivity contribution is 6.46. The summed E-state index contributed by atoms with van der Waals surface area (Å²) in [6.07, 6.45) is 1.52. The van der Waals surface area contributed by atoms with Gasteiger partial charge in [-0.05, 0) is 41.3 Å².